The molecule has 110 valence electrons. The molecule has 0 spiro atoms. The molecule has 2 amide bonds. The number of nitrogens with one attached hydrogen (secondary N) is 2. The summed E-state index contributed by atoms with van der Waals surface area (Å²) in [6, 6.07) is 3.79. The third-order valence-corrected chi connectivity index (χ3v) is 2.76. The molecule has 4 N–H and O–H groups in total. The third-order valence-electron chi connectivity index (χ3n) is 2.76. The van der Waals surface area contributed by atoms with Gasteiger partial charge < -0.3 is 20.8 Å². The Hall–Kier alpha value is -2.24. The van der Waals surface area contributed by atoms with Crippen LogP contribution < -0.4 is 10.6 Å². The molecule has 0 heterocycles. The zero-order valence-corrected chi connectivity index (χ0v) is 11.5. The first-order valence-corrected chi connectivity index (χ1v) is 6.65. The van der Waals surface area contributed by atoms with Crippen LogP contribution in [0.25, 0.3) is 0 Å². The summed E-state index contributed by atoms with van der Waals surface area (Å²) in [6.07, 6.45) is 4.07. The van der Waals surface area contributed by atoms with Gasteiger partial charge in [0, 0.05) is 18.3 Å². The van der Waals surface area contributed by atoms with E-state index in [0.29, 0.717) is 6.54 Å². The number of hydrogen-bond donors (Lipinski definition) is 4. The first-order valence-electron chi connectivity index (χ1n) is 6.65. The van der Waals surface area contributed by atoms with Crippen LogP contribution in [0.5, 0.6) is 11.5 Å². The van der Waals surface area contributed by atoms with Crippen molar-refractivity contribution in [3.05, 3.63) is 18.2 Å². The topological polar surface area (TPSA) is 98.7 Å². The summed E-state index contributed by atoms with van der Waals surface area (Å²) >= 11 is 0. The van der Waals surface area contributed by atoms with Crippen LogP contribution in [-0.4, -0.2) is 28.6 Å². The largest absolute Gasteiger partial charge is 0.504 e. The first kappa shape index (κ1) is 15.8. The minimum absolute atomic E-state index is 0.242. The van der Waals surface area contributed by atoms with Crippen molar-refractivity contribution in [1.82, 2.24) is 5.32 Å². The molecule has 0 aliphatic rings. The lowest BCUT2D eigenvalue weighted by molar-refractivity contribution is -0.136. The molecule has 0 radical (unpaired) electrons. The molecule has 0 fully saturated rings. The van der Waals surface area contributed by atoms with Crippen molar-refractivity contribution in [2.75, 3.05) is 11.9 Å². The Morgan fingerprint density at radius 2 is 1.80 bits per heavy atom. The molecule has 0 unspecified atom stereocenters. The van der Waals surface area contributed by atoms with E-state index in [2.05, 4.69) is 17.6 Å². The van der Waals surface area contributed by atoms with Gasteiger partial charge in [-0.3, -0.25) is 9.59 Å². The highest BCUT2D eigenvalue weighted by molar-refractivity contribution is 6.39. The number of aromatic hydroxyl groups is 2. The van der Waals surface area contributed by atoms with Crippen LogP contribution in [0.2, 0.25) is 0 Å². The van der Waals surface area contributed by atoms with E-state index in [1.807, 2.05) is 0 Å². The van der Waals surface area contributed by atoms with E-state index in [-0.39, 0.29) is 17.2 Å². The average Bonchev–Trinajstić information content (AvgIpc) is 2.42. The Morgan fingerprint density at radius 1 is 1.05 bits per heavy atom. The summed E-state index contributed by atoms with van der Waals surface area (Å²) < 4.78 is 0. The molecule has 0 saturated carbocycles. The fourth-order valence-corrected chi connectivity index (χ4v) is 1.62. The third kappa shape index (κ3) is 5.17. The highest BCUT2D eigenvalue weighted by Crippen LogP contribution is 2.27. The Bertz CT molecular complexity index is 474. The number of amides is 2. The number of phenols is 2. The maximum Gasteiger partial charge on any atom is 0.313 e. The van der Waals surface area contributed by atoms with Crippen molar-refractivity contribution < 1.29 is 19.8 Å². The van der Waals surface area contributed by atoms with E-state index in [9.17, 15) is 14.7 Å². The van der Waals surface area contributed by atoms with Gasteiger partial charge in [-0.1, -0.05) is 26.2 Å². The number of carbonyl (C=O) groups excluding carboxylic acids is 2. The van der Waals surface area contributed by atoms with Gasteiger partial charge in [-0.05, 0) is 18.6 Å². The fourth-order valence-electron chi connectivity index (χ4n) is 1.62. The summed E-state index contributed by atoms with van der Waals surface area (Å²) in [5.41, 5.74) is 0.242. The molecule has 0 aromatic heterocycles. The summed E-state index contributed by atoms with van der Waals surface area (Å²) in [7, 11) is 0. The first-order chi connectivity index (χ1) is 9.54. The van der Waals surface area contributed by atoms with Crippen molar-refractivity contribution >= 4 is 17.5 Å². The smallest absolute Gasteiger partial charge is 0.313 e. The lowest BCUT2D eigenvalue weighted by Crippen LogP contribution is -2.35. The molecule has 1 rings (SSSR count). The molecular formula is C14H20N2O4. The molecule has 0 aliphatic carbocycles. The zero-order chi connectivity index (χ0) is 15.0. The highest BCUT2D eigenvalue weighted by Gasteiger charge is 2.13. The number of unbranched alkanes of at least 4 members (excludes halogenated alkanes) is 3. The number of hydrogen-bond acceptors (Lipinski definition) is 4. The van der Waals surface area contributed by atoms with E-state index >= 15 is 0 Å². The van der Waals surface area contributed by atoms with Gasteiger partial charge >= 0.3 is 11.8 Å². The van der Waals surface area contributed by atoms with Crippen LogP contribution >= 0.6 is 0 Å². The monoisotopic (exact) mass is 280 g/mol. The Morgan fingerprint density at radius 3 is 2.45 bits per heavy atom. The van der Waals surface area contributed by atoms with Gasteiger partial charge in [0.15, 0.2) is 11.5 Å². The van der Waals surface area contributed by atoms with Crippen LogP contribution in [-0.2, 0) is 9.59 Å². The molecule has 0 bridgehead atoms. The standard InChI is InChI=1S/C14H20N2O4/c1-2-3-4-5-8-15-13(19)14(20)16-10-6-7-11(17)12(18)9-10/h6-7,9,17-18H,2-5,8H2,1H3,(H,15,19)(H,16,20). The van der Waals surface area contributed by atoms with E-state index in [0.717, 1.165) is 25.7 Å². The van der Waals surface area contributed by atoms with Gasteiger partial charge in [0.1, 0.15) is 0 Å². The Labute approximate surface area is 117 Å². The van der Waals surface area contributed by atoms with Gasteiger partial charge in [0.2, 0.25) is 0 Å². The van der Waals surface area contributed by atoms with Crippen molar-refractivity contribution in [2.24, 2.45) is 0 Å². The second-order valence-electron chi connectivity index (χ2n) is 4.47. The zero-order valence-electron chi connectivity index (χ0n) is 11.5. The summed E-state index contributed by atoms with van der Waals surface area (Å²) in [6.45, 7) is 2.56. The second kappa shape index (κ2) is 8.04. The number of carbonyl (C=O) groups is 2. The number of phenolic OH excluding ortho intramolecular Hbond substituents is 2. The summed E-state index contributed by atoms with van der Waals surface area (Å²) in [4.78, 5) is 23.1. The van der Waals surface area contributed by atoms with Gasteiger partial charge in [-0.15, -0.1) is 0 Å². The lowest BCUT2D eigenvalue weighted by Gasteiger charge is -2.07. The van der Waals surface area contributed by atoms with Crippen molar-refractivity contribution in [2.45, 2.75) is 32.6 Å². The SMILES string of the molecule is CCCCCCNC(=O)C(=O)Nc1ccc(O)c(O)c1. The normalized spacial score (nSPS) is 10.1. The van der Waals surface area contributed by atoms with Crippen LogP contribution in [0.3, 0.4) is 0 Å². The van der Waals surface area contributed by atoms with Crippen molar-refractivity contribution in [3.8, 4) is 11.5 Å². The highest BCUT2D eigenvalue weighted by atomic mass is 16.3. The maximum absolute atomic E-state index is 11.6. The van der Waals surface area contributed by atoms with Gasteiger partial charge in [-0.2, -0.15) is 0 Å². The van der Waals surface area contributed by atoms with Crippen LogP contribution in [0, 0.1) is 0 Å². The van der Waals surface area contributed by atoms with E-state index in [1.54, 1.807) is 0 Å². The molecule has 1 aromatic carbocycles. The van der Waals surface area contributed by atoms with Gasteiger partial charge in [-0.25, -0.2) is 0 Å². The predicted octanol–water partition coefficient (Wildman–Crippen LogP) is 1.73. The van der Waals surface area contributed by atoms with Crippen LogP contribution in [0.1, 0.15) is 32.6 Å². The minimum Gasteiger partial charge on any atom is -0.504 e. The Balaban J connectivity index is 2.37. The fraction of sp³-hybridized carbons (Fsp3) is 0.429. The summed E-state index contributed by atoms with van der Waals surface area (Å²) in [5, 5.41) is 23.3. The molecule has 20 heavy (non-hydrogen) atoms. The molecule has 6 nitrogen and oxygen atoms in total. The second-order valence-corrected chi connectivity index (χ2v) is 4.47. The molecule has 0 aliphatic heterocycles. The average molecular weight is 280 g/mol. The van der Waals surface area contributed by atoms with E-state index in [4.69, 9.17) is 5.11 Å². The van der Waals surface area contributed by atoms with Gasteiger partial charge in [0.05, 0.1) is 0 Å². The number of benzene rings is 1. The lowest BCUT2D eigenvalue weighted by atomic mass is 10.2. The van der Waals surface area contributed by atoms with Gasteiger partial charge in [0.25, 0.3) is 0 Å². The minimum atomic E-state index is -0.800. The van der Waals surface area contributed by atoms with E-state index < -0.39 is 11.8 Å². The molecular weight excluding hydrogens is 260 g/mol. The molecule has 0 atom stereocenters. The quantitative estimate of drug-likeness (QED) is 0.276. The van der Waals surface area contributed by atoms with Crippen molar-refractivity contribution in [3.63, 3.8) is 0 Å². The van der Waals surface area contributed by atoms with E-state index in [1.165, 1.54) is 18.2 Å². The van der Waals surface area contributed by atoms with Crippen LogP contribution in [0.4, 0.5) is 5.69 Å². The number of anilines is 1. The number of rotatable bonds is 6. The Kier molecular flexibility index (Phi) is 6.36. The molecule has 6 heteroatoms. The van der Waals surface area contributed by atoms with Crippen LogP contribution in [0.15, 0.2) is 18.2 Å². The van der Waals surface area contributed by atoms with Crippen molar-refractivity contribution in [1.29, 1.82) is 0 Å². The summed E-state index contributed by atoms with van der Waals surface area (Å²) in [5.74, 6) is -2.16. The maximum atomic E-state index is 11.6. The predicted molar refractivity (Wildman–Crippen MR) is 75.6 cm³/mol. The molecule has 1 aromatic rings. The molecule has 0 saturated heterocycles.